The van der Waals surface area contributed by atoms with Crippen molar-refractivity contribution in [2.24, 2.45) is 0 Å². The summed E-state index contributed by atoms with van der Waals surface area (Å²) in [6, 6.07) is 0. The maximum atomic E-state index is 13.1. The zero-order valence-corrected chi connectivity index (χ0v) is 46.9. The first-order valence-corrected chi connectivity index (χ1v) is 30.3. The molecule has 1 rings (SSSR count). The van der Waals surface area contributed by atoms with Crippen LogP contribution in [-0.2, 0) is 42.9 Å². The standard InChI is InChI=1S/C61H110O12/c1-4-7-10-13-16-19-22-25-27-30-32-35-38-41-44-47-53(62)69-50-52(71-54(63)48-45-42-39-36-33-29-24-21-18-15-12-9-6-3)51-70-61-59(57(66)56(65)58(73-61)60(67)68)72-55(64)49-46-43-40-37-34-31-28-26-23-20-17-14-11-8-5-2/h21,24-25,27,52,56-59,61,65-66H,4-20,22-23,26,28-51H2,1-3H3,(H,67,68)/b24-21-,27-25-. The van der Waals surface area contributed by atoms with Crippen LogP contribution in [0.25, 0.3) is 0 Å². The monoisotopic (exact) mass is 1030 g/mol. The molecule has 1 aliphatic heterocycles. The number of ether oxygens (including phenoxy) is 5. The van der Waals surface area contributed by atoms with E-state index < -0.39 is 67.3 Å². The molecule has 0 aromatic heterocycles. The van der Waals surface area contributed by atoms with Gasteiger partial charge in [0.1, 0.15) is 18.8 Å². The summed E-state index contributed by atoms with van der Waals surface area (Å²) in [4.78, 5) is 51.1. The molecule has 1 heterocycles. The molecular formula is C61H110O12. The first kappa shape index (κ1) is 68.2. The molecule has 0 spiro atoms. The van der Waals surface area contributed by atoms with E-state index >= 15 is 0 Å². The number of aliphatic hydroxyl groups excluding tert-OH is 2. The number of carboxylic acid groups (broad SMARTS) is 1. The highest BCUT2D eigenvalue weighted by Gasteiger charge is 2.50. The van der Waals surface area contributed by atoms with E-state index in [0.717, 1.165) is 96.3 Å². The normalized spacial score (nSPS) is 18.4. The third-order valence-electron chi connectivity index (χ3n) is 14.0. The molecule has 1 saturated heterocycles. The molecule has 6 unspecified atom stereocenters. The topological polar surface area (TPSA) is 175 Å². The molecule has 0 bridgehead atoms. The molecule has 73 heavy (non-hydrogen) atoms. The number of allylic oxidation sites excluding steroid dienone is 4. The van der Waals surface area contributed by atoms with Crippen molar-refractivity contribution in [3.05, 3.63) is 24.3 Å². The van der Waals surface area contributed by atoms with Crippen LogP contribution in [0.5, 0.6) is 0 Å². The molecule has 12 nitrogen and oxygen atoms in total. The summed E-state index contributed by atoms with van der Waals surface area (Å²) >= 11 is 0. The summed E-state index contributed by atoms with van der Waals surface area (Å²) in [6.07, 6.45) is 44.3. The minimum Gasteiger partial charge on any atom is -0.479 e. The summed E-state index contributed by atoms with van der Waals surface area (Å²) in [5.41, 5.74) is 0. The van der Waals surface area contributed by atoms with Gasteiger partial charge in [0.15, 0.2) is 24.6 Å². The van der Waals surface area contributed by atoms with Gasteiger partial charge in [-0.1, -0.05) is 225 Å². The molecule has 0 saturated carbocycles. The van der Waals surface area contributed by atoms with Crippen molar-refractivity contribution < 1.29 is 58.2 Å². The number of carboxylic acids is 1. The number of esters is 3. The van der Waals surface area contributed by atoms with Crippen LogP contribution in [0.4, 0.5) is 0 Å². The highest BCUT2D eigenvalue weighted by atomic mass is 16.7. The summed E-state index contributed by atoms with van der Waals surface area (Å²) in [7, 11) is 0. The zero-order valence-electron chi connectivity index (χ0n) is 46.9. The van der Waals surface area contributed by atoms with Gasteiger partial charge in [0, 0.05) is 19.3 Å². The van der Waals surface area contributed by atoms with Crippen molar-refractivity contribution in [1.29, 1.82) is 0 Å². The molecule has 0 amide bonds. The van der Waals surface area contributed by atoms with Crippen molar-refractivity contribution in [2.45, 2.75) is 327 Å². The lowest BCUT2D eigenvalue weighted by Crippen LogP contribution is -2.61. The zero-order chi connectivity index (χ0) is 53.3. The summed E-state index contributed by atoms with van der Waals surface area (Å²) in [6.45, 7) is 5.98. The van der Waals surface area contributed by atoms with E-state index in [-0.39, 0.29) is 25.9 Å². The third kappa shape index (κ3) is 40.2. The van der Waals surface area contributed by atoms with E-state index in [2.05, 4.69) is 45.1 Å². The number of rotatable bonds is 52. The second-order valence-corrected chi connectivity index (χ2v) is 21.0. The van der Waals surface area contributed by atoms with Crippen LogP contribution in [0, 0.1) is 0 Å². The Hall–Kier alpha value is -2.80. The largest absolute Gasteiger partial charge is 0.479 e. The summed E-state index contributed by atoms with van der Waals surface area (Å²) < 4.78 is 28.4. The Balaban J connectivity index is 2.68. The molecule has 0 aromatic carbocycles. The number of aliphatic hydroxyl groups is 2. The minimum absolute atomic E-state index is 0.0653. The van der Waals surface area contributed by atoms with Crippen molar-refractivity contribution in [3.8, 4) is 0 Å². The van der Waals surface area contributed by atoms with E-state index in [1.165, 1.54) is 135 Å². The smallest absolute Gasteiger partial charge is 0.335 e. The molecule has 1 aliphatic rings. The highest BCUT2D eigenvalue weighted by Crippen LogP contribution is 2.27. The maximum Gasteiger partial charge on any atom is 0.335 e. The molecule has 3 N–H and O–H groups in total. The van der Waals surface area contributed by atoms with Crippen LogP contribution >= 0.6 is 0 Å². The van der Waals surface area contributed by atoms with Crippen LogP contribution in [0.2, 0.25) is 0 Å². The van der Waals surface area contributed by atoms with Crippen LogP contribution in [0.15, 0.2) is 24.3 Å². The van der Waals surface area contributed by atoms with Crippen molar-refractivity contribution in [2.75, 3.05) is 13.2 Å². The molecule has 0 radical (unpaired) electrons. The van der Waals surface area contributed by atoms with E-state index in [1.807, 2.05) is 0 Å². The van der Waals surface area contributed by atoms with Gasteiger partial charge < -0.3 is 39.0 Å². The molecule has 12 heteroatoms. The Morgan fingerprint density at radius 2 is 0.781 bits per heavy atom. The predicted octanol–water partition coefficient (Wildman–Crippen LogP) is 15.5. The minimum atomic E-state index is -1.90. The van der Waals surface area contributed by atoms with Crippen molar-refractivity contribution in [3.63, 3.8) is 0 Å². The van der Waals surface area contributed by atoms with Gasteiger partial charge in [0.25, 0.3) is 0 Å². The van der Waals surface area contributed by atoms with Crippen molar-refractivity contribution in [1.82, 2.24) is 0 Å². The number of carbonyl (C=O) groups is 4. The second-order valence-electron chi connectivity index (χ2n) is 21.0. The van der Waals surface area contributed by atoms with Crippen LogP contribution in [0.3, 0.4) is 0 Å². The Morgan fingerprint density at radius 1 is 0.438 bits per heavy atom. The first-order valence-electron chi connectivity index (χ1n) is 30.3. The van der Waals surface area contributed by atoms with Gasteiger partial charge in [-0.15, -0.1) is 0 Å². The fourth-order valence-corrected chi connectivity index (χ4v) is 9.30. The molecular weight excluding hydrogens is 925 g/mol. The van der Waals surface area contributed by atoms with Crippen molar-refractivity contribution >= 4 is 23.9 Å². The first-order chi connectivity index (χ1) is 35.6. The summed E-state index contributed by atoms with van der Waals surface area (Å²) in [5, 5.41) is 31.5. The Kier molecular flexibility index (Phi) is 46.8. The fourth-order valence-electron chi connectivity index (χ4n) is 9.30. The Morgan fingerprint density at radius 3 is 1.18 bits per heavy atom. The van der Waals surface area contributed by atoms with Gasteiger partial charge in [-0.2, -0.15) is 0 Å². The lowest BCUT2D eigenvalue weighted by molar-refractivity contribution is -0.301. The van der Waals surface area contributed by atoms with Gasteiger partial charge in [-0.05, 0) is 70.6 Å². The maximum absolute atomic E-state index is 13.1. The van der Waals surface area contributed by atoms with Gasteiger partial charge in [0.05, 0.1) is 6.61 Å². The number of hydrogen-bond donors (Lipinski definition) is 3. The number of carbonyl (C=O) groups excluding carboxylic acids is 3. The molecule has 1 fully saturated rings. The molecule has 6 atom stereocenters. The van der Waals surface area contributed by atoms with E-state index in [0.29, 0.717) is 19.3 Å². The van der Waals surface area contributed by atoms with Crippen LogP contribution < -0.4 is 0 Å². The Bertz CT molecular complexity index is 1370. The fraction of sp³-hybridized carbons (Fsp3) is 0.869. The average molecular weight is 1040 g/mol. The van der Waals surface area contributed by atoms with E-state index in [4.69, 9.17) is 23.7 Å². The molecule has 0 aliphatic carbocycles. The van der Waals surface area contributed by atoms with E-state index in [9.17, 15) is 34.5 Å². The lowest BCUT2D eigenvalue weighted by Gasteiger charge is -2.40. The van der Waals surface area contributed by atoms with Gasteiger partial charge in [-0.25, -0.2) is 4.79 Å². The number of aliphatic carboxylic acids is 1. The van der Waals surface area contributed by atoms with Crippen LogP contribution in [-0.4, -0.2) is 89.2 Å². The van der Waals surface area contributed by atoms with Gasteiger partial charge in [0.2, 0.25) is 0 Å². The highest BCUT2D eigenvalue weighted by molar-refractivity contribution is 5.74. The quantitative estimate of drug-likeness (QED) is 0.0228. The Labute approximate surface area is 445 Å². The number of unbranched alkanes of at least 4 members (excludes halogenated alkanes) is 34. The third-order valence-corrected chi connectivity index (χ3v) is 14.0. The summed E-state index contributed by atoms with van der Waals surface area (Å²) in [5.74, 6) is -3.11. The molecule has 0 aromatic rings. The second kappa shape index (κ2) is 50.0. The predicted molar refractivity (Wildman–Crippen MR) is 294 cm³/mol. The lowest BCUT2D eigenvalue weighted by atomic mass is 9.98. The molecule has 426 valence electrons. The van der Waals surface area contributed by atoms with Gasteiger partial charge >= 0.3 is 23.9 Å². The average Bonchev–Trinajstić information content (AvgIpc) is 3.37. The SMILES string of the molecule is CCCCCC/C=C\CCCCCCCC(=O)OC(COC(=O)CCCCCCC/C=C\CCCCCCCC)COC1OC(C(=O)O)C(O)C(O)C1OC(=O)CCCCCCCCCCCCCCCCC. The van der Waals surface area contributed by atoms with E-state index in [1.54, 1.807) is 0 Å². The van der Waals surface area contributed by atoms with Gasteiger partial charge in [-0.3, -0.25) is 14.4 Å². The van der Waals surface area contributed by atoms with Crippen LogP contribution in [0.1, 0.15) is 290 Å². The number of hydrogen-bond acceptors (Lipinski definition) is 11.